The molecule has 0 saturated carbocycles. The summed E-state index contributed by atoms with van der Waals surface area (Å²) in [5, 5.41) is 11.2. The first kappa shape index (κ1) is 25.0. The third-order valence-corrected chi connectivity index (χ3v) is 6.15. The predicted octanol–water partition coefficient (Wildman–Crippen LogP) is 4.46. The average molecular weight is 462 g/mol. The van der Waals surface area contributed by atoms with Crippen LogP contribution in [0.3, 0.4) is 0 Å². The highest BCUT2D eigenvalue weighted by Crippen LogP contribution is 2.32. The number of carbonyl (C=O) groups excluding carboxylic acids is 2. The van der Waals surface area contributed by atoms with Crippen molar-refractivity contribution >= 4 is 26.0 Å². The van der Waals surface area contributed by atoms with Crippen molar-refractivity contribution in [3.63, 3.8) is 0 Å². The Morgan fingerprint density at radius 3 is 2.53 bits per heavy atom. The number of carbonyl (C=O) groups is 2. The minimum absolute atomic E-state index is 0.0653. The van der Waals surface area contributed by atoms with E-state index in [-0.39, 0.29) is 53.9 Å². The van der Waals surface area contributed by atoms with Crippen LogP contribution in [-0.4, -0.2) is 45.8 Å². The highest BCUT2D eigenvalue weighted by molar-refractivity contribution is 6.76. The molecule has 2 aromatic carbocycles. The number of ether oxygens (including phenoxy) is 4. The standard InChI is InChI=1S/C22H27NO8Si/c1-28-15-31-20-7-5-6-16(13-24)21(20)30-14-17-12-18(23(26)27)8-9-19(17)22(25)29-10-11-32(2,3)4/h5-9,12-13H,10-11,14-15H2,1-4H3. The second kappa shape index (κ2) is 11.4. The molecule has 0 aliphatic rings. The molecule has 9 nitrogen and oxygen atoms in total. The van der Waals surface area contributed by atoms with E-state index in [1.165, 1.54) is 25.3 Å². The molecule has 0 bridgehead atoms. The second-order valence-electron chi connectivity index (χ2n) is 8.18. The maximum Gasteiger partial charge on any atom is 0.338 e. The van der Waals surface area contributed by atoms with E-state index >= 15 is 0 Å². The monoisotopic (exact) mass is 461 g/mol. The van der Waals surface area contributed by atoms with Gasteiger partial charge in [-0.1, -0.05) is 25.7 Å². The maximum atomic E-state index is 12.6. The molecule has 0 spiro atoms. The van der Waals surface area contributed by atoms with Crippen LogP contribution in [0.25, 0.3) is 0 Å². The van der Waals surface area contributed by atoms with Gasteiger partial charge >= 0.3 is 5.97 Å². The zero-order chi connectivity index (χ0) is 23.7. The lowest BCUT2D eigenvalue weighted by atomic mass is 10.1. The van der Waals surface area contributed by atoms with E-state index in [1.807, 2.05) is 0 Å². The predicted molar refractivity (Wildman–Crippen MR) is 120 cm³/mol. The summed E-state index contributed by atoms with van der Waals surface area (Å²) in [4.78, 5) is 34.8. The van der Waals surface area contributed by atoms with Gasteiger partial charge in [-0.2, -0.15) is 0 Å². The van der Waals surface area contributed by atoms with Gasteiger partial charge in [-0.25, -0.2) is 4.79 Å². The fraction of sp³-hybridized carbons (Fsp3) is 0.364. The van der Waals surface area contributed by atoms with Crippen LogP contribution in [0.2, 0.25) is 25.7 Å². The molecule has 0 aromatic heterocycles. The highest BCUT2D eigenvalue weighted by Gasteiger charge is 2.20. The van der Waals surface area contributed by atoms with E-state index < -0.39 is 19.0 Å². The number of non-ortho nitro benzene ring substituents is 1. The van der Waals surface area contributed by atoms with E-state index in [0.29, 0.717) is 6.29 Å². The number of hydrogen-bond acceptors (Lipinski definition) is 8. The van der Waals surface area contributed by atoms with Gasteiger partial charge in [0, 0.05) is 32.9 Å². The lowest BCUT2D eigenvalue weighted by molar-refractivity contribution is -0.384. The Bertz CT molecular complexity index is 971. The Kier molecular flexibility index (Phi) is 8.91. The van der Waals surface area contributed by atoms with Gasteiger partial charge in [0.15, 0.2) is 24.6 Å². The minimum atomic E-state index is -1.40. The smallest absolute Gasteiger partial charge is 0.338 e. The van der Waals surface area contributed by atoms with E-state index in [0.717, 1.165) is 6.04 Å². The quantitative estimate of drug-likeness (QED) is 0.114. The largest absolute Gasteiger partial charge is 0.484 e. The van der Waals surface area contributed by atoms with Gasteiger partial charge in [0.1, 0.15) is 6.61 Å². The number of hydrogen-bond donors (Lipinski definition) is 0. The fourth-order valence-corrected chi connectivity index (χ4v) is 3.42. The number of esters is 1. The van der Waals surface area contributed by atoms with Crippen LogP contribution in [0.15, 0.2) is 36.4 Å². The molecule has 172 valence electrons. The Hall–Kier alpha value is -3.24. The summed E-state index contributed by atoms with van der Waals surface area (Å²) >= 11 is 0. The van der Waals surface area contributed by atoms with E-state index in [2.05, 4.69) is 19.6 Å². The van der Waals surface area contributed by atoms with E-state index in [9.17, 15) is 19.7 Å². The third kappa shape index (κ3) is 7.17. The first-order valence-corrected chi connectivity index (χ1v) is 13.6. The van der Waals surface area contributed by atoms with Crippen molar-refractivity contribution in [1.29, 1.82) is 0 Å². The van der Waals surface area contributed by atoms with Gasteiger partial charge in [-0.05, 0) is 24.2 Å². The molecule has 10 heteroatoms. The zero-order valence-corrected chi connectivity index (χ0v) is 19.6. The molecule has 0 radical (unpaired) electrons. The van der Waals surface area contributed by atoms with E-state index in [1.54, 1.807) is 18.2 Å². The van der Waals surface area contributed by atoms with Crippen LogP contribution in [0.4, 0.5) is 5.69 Å². The van der Waals surface area contributed by atoms with Crippen molar-refractivity contribution in [1.82, 2.24) is 0 Å². The molecule has 2 aromatic rings. The Morgan fingerprint density at radius 1 is 1.16 bits per heavy atom. The first-order valence-electron chi connectivity index (χ1n) is 9.93. The summed E-state index contributed by atoms with van der Waals surface area (Å²) in [6, 6.07) is 9.41. The summed E-state index contributed by atoms with van der Waals surface area (Å²) in [5.74, 6) is -0.179. The molecule has 0 aliphatic heterocycles. The molecule has 0 heterocycles. The number of para-hydroxylation sites is 1. The van der Waals surface area contributed by atoms with Crippen LogP contribution < -0.4 is 9.47 Å². The molecule has 0 saturated heterocycles. The van der Waals surface area contributed by atoms with E-state index in [4.69, 9.17) is 18.9 Å². The Morgan fingerprint density at radius 2 is 1.91 bits per heavy atom. The van der Waals surface area contributed by atoms with Crippen LogP contribution >= 0.6 is 0 Å². The number of nitro benzene ring substituents is 1. The van der Waals surface area contributed by atoms with Crippen LogP contribution in [-0.2, 0) is 16.1 Å². The lowest BCUT2D eigenvalue weighted by Crippen LogP contribution is -2.23. The molecule has 0 N–H and O–H groups in total. The molecular weight excluding hydrogens is 434 g/mol. The third-order valence-electron chi connectivity index (χ3n) is 4.45. The Labute approximate surface area is 187 Å². The van der Waals surface area contributed by atoms with Gasteiger partial charge in [-0.15, -0.1) is 0 Å². The van der Waals surface area contributed by atoms with Crippen molar-refractivity contribution in [3.05, 3.63) is 63.2 Å². The summed E-state index contributed by atoms with van der Waals surface area (Å²) < 4.78 is 21.5. The van der Waals surface area contributed by atoms with Crippen LogP contribution in [0.1, 0.15) is 26.3 Å². The first-order chi connectivity index (χ1) is 15.2. The number of nitro groups is 1. The average Bonchev–Trinajstić information content (AvgIpc) is 2.75. The lowest BCUT2D eigenvalue weighted by Gasteiger charge is -2.17. The van der Waals surface area contributed by atoms with Crippen molar-refractivity contribution in [3.8, 4) is 11.5 Å². The van der Waals surface area contributed by atoms with Crippen molar-refractivity contribution in [2.45, 2.75) is 32.3 Å². The molecule has 2 rings (SSSR count). The molecule has 0 aliphatic carbocycles. The molecular formula is C22H27NO8Si. The Balaban J connectivity index is 2.30. The SMILES string of the molecule is COCOc1cccc(C=O)c1OCc1cc([N+](=O)[O-])ccc1C(=O)OCC[Si](C)(C)C. The minimum Gasteiger partial charge on any atom is -0.484 e. The van der Waals surface area contributed by atoms with Gasteiger partial charge in [0.2, 0.25) is 0 Å². The fourth-order valence-electron chi connectivity index (χ4n) is 2.71. The number of benzene rings is 2. The molecule has 0 unspecified atom stereocenters. The summed E-state index contributed by atoms with van der Waals surface area (Å²) in [6.45, 7) is 6.49. The van der Waals surface area contributed by atoms with Gasteiger partial charge in [0.25, 0.3) is 5.69 Å². The second-order valence-corrected chi connectivity index (χ2v) is 13.8. The molecule has 32 heavy (non-hydrogen) atoms. The van der Waals surface area contributed by atoms with Gasteiger partial charge < -0.3 is 18.9 Å². The van der Waals surface area contributed by atoms with Crippen molar-refractivity contribution < 1.29 is 33.5 Å². The number of rotatable bonds is 12. The molecule has 0 fully saturated rings. The van der Waals surface area contributed by atoms with Gasteiger partial charge in [-0.3, -0.25) is 14.9 Å². The number of methoxy groups -OCH3 is 1. The maximum absolute atomic E-state index is 12.6. The molecule has 0 atom stereocenters. The zero-order valence-electron chi connectivity index (χ0n) is 18.6. The normalized spacial score (nSPS) is 11.0. The highest BCUT2D eigenvalue weighted by atomic mass is 28.3. The topological polar surface area (TPSA) is 114 Å². The summed E-state index contributed by atoms with van der Waals surface area (Å²) in [5.41, 5.74) is 0.454. The molecule has 0 amide bonds. The van der Waals surface area contributed by atoms with Crippen molar-refractivity contribution in [2.75, 3.05) is 20.5 Å². The number of aldehydes is 1. The summed E-state index contributed by atoms with van der Waals surface area (Å²) in [6.07, 6.45) is 0.605. The van der Waals surface area contributed by atoms with Crippen LogP contribution in [0.5, 0.6) is 11.5 Å². The van der Waals surface area contributed by atoms with Crippen LogP contribution in [0, 0.1) is 10.1 Å². The summed E-state index contributed by atoms with van der Waals surface area (Å²) in [7, 11) is 0.0534. The van der Waals surface area contributed by atoms with Crippen molar-refractivity contribution in [2.24, 2.45) is 0 Å². The number of nitrogens with zero attached hydrogens (tertiary/aromatic N) is 1. The van der Waals surface area contributed by atoms with Gasteiger partial charge in [0.05, 0.1) is 22.7 Å².